The molecule has 8 aliphatic carbocycles. The second-order valence-corrected chi connectivity index (χ2v) is 47.0. The van der Waals surface area contributed by atoms with Crippen molar-refractivity contribution in [2.45, 2.75) is 431 Å². The van der Waals surface area contributed by atoms with Crippen LogP contribution in [0.15, 0.2) is 12.3 Å². The van der Waals surface area contributed by atoms with E-state index in [1.807, 2.05) is 6.92 Å². The molecule has 9 spiro atoms. The third-order valence-corrected chi connectivity index (χ3v) is 36.4. The minimum atomic E-state index is 0.0256. The van der Waals surface area contributed by atoms with Crippen LogP contribution in [-0.4, -0.2) is 263 Å². The summed E-state index contributed by atoms with van der Waals surface area (Å²) in [6.07, 6.45) is 41.1. The Hall–Kier alpha value is -3.00. The summed E-state index contributed by atoms with van der Waals surface area (Å²) in [5.74, 6) is 4.16. The van der Waals surface area contributed by atoms with Crippen molar-refractivity contribution in [2.75, 3.05) is 124 Å². The smallest absolute Gasteiger partial charge is 0.309 e. The van der Waals surface area contributed by atoms with E-state index in [-0.39, 0.29) is 35.3 Å². The molecule has 10 heterocycles. The highest BCUT2D eigenvalue weighted by molar-refractivity contribution is 6.02. The first kappa shape index (κ1) is 102. The first-order chi connectivity index (χ1) is 58.0. The molecule has 0 aromatic carbocycles. The fourth-order valence-corrected chi connectivity index (χ4v) is 25.5. The molecular formula is C106H190N10O7. The third kappa shape index (κ3) is 27.4. The Labute approximate surface area is 754 Å². The highest BCUT2D eigenvalue weighted by Crippen LogP contribution is 2.64. The van der Waals surface area contributed by atoms with Gasteiger partial charge in [-0.15, -0.1) is 0 Å². The van der Waals surface area contributed by atoms with Gasteiger partial charge < -0.3 is 54.2 Å². The molecule has 123 heavy (non-hydrogen) atoms. The van der Waals surface area contributed by atoms with Crippen molar-refractivity contribution in [3.8, 4) is 0 Å². The number of ether oxygens (including phenoxy) is 1. The Morgan fingerprint density at radius 2 is 0.561 bits per heavy atom. The number of hydrogen-bond donors (Lipinski definition) is 1. The van der Waals surface area contributed by atoms with Gasteiger partial charge in [0.15, 0.2) is 0 Å². The summed E-state index contributed by atoms with van der Waals surface area (Å²) in [6, 6.07) is 6.22. The van der Waals surface area contributed by atoms with Crippen LogP contribution in [0.4, 0.5) is 0 Å². The van der Waals surface area contributed by atoms with E-state index in [0.29, 0.717) is 118 Å². The fourth-order valence-electron chi connectivity index (χ4n) is 25.5. The first-order valence-electron chi connectivity index (χ1n) is 51.8. The van der Waals surface area contributed by atoms with Gasteiger partial charge in [-0.3, -0.25) is 28.8 Å². The molecule has 0 bridgehead atoms. The van der Waals surface area contributed by atoms with E-state index >= 15 is 0 Å². The largest absolute Gasteiger partial charge is 0.466 e. The molecule has 17 nitrogen and oxygen atoms in total. The maximum Gasteiger partial charge on any atom is 0.309 e. The van der Waals surface area contributed by atoms with Crippen LogP contribution in [0.2, 0.25) is 0 Å². The van der Waals surface area contributed by atoms with Crippen LogP contribution in [0, 0.1) is 72.9 Å². The number of esters is 1. The normalized spacial score (nSPS) is 29.6. The summed E-state index contributed by atoms with van der Waals surface area (Å²) in [5.41, 5.74) is 5.85. The maximum atomic E-state index is 11.7. The molecule has 17 heteroatoms. The molecule has 18 fully saturated rings. The minimum absolute atomic E-state index is 0.0256. The Morgan fingerprint density at radius 3 is 0.772 bits per heavy atom. The molecule has 0 radical (unpaired) electrons. The summed E-state index contributed by atoms with van der Waals surface area (Å²) in [4.78, 5) is 91.5. The predicted octanol–water partition coefficient (Wildman–Crippen LogP) is 19.7. The van der Waals surface area contributed by atoms with Crippen molar-refractivity contribution in [2.24, 2.45) is 72.9 Å². The maximum absolute atomic E-state index is 11.7. The average molecular weight is 1720 g/mol. The SMILES string of the molecule is C=C1CC2(CCN(C(C)C)CC2)N1.CC(=O)C1CC12CCN(C(C)C)CC2.CC(=O)C1CC12CCN(C(C)C)CC2.CC(=O)C1CC12CCN(C(C)C)CC2.CC(C)N1CCC2(CC1)CC(=O)CC(=O)C2.CC(C)N1CCC2(CC1)CC2.CC(C)N1CCC2(CCC2)CC1.CCC1CC12CCN(C(C)C)CC2.CCOC(=O)C1CC12CCN(C(C)C)CC2. The molecule has 5 atom stereocenters. The molecule has 706 valence electrons. The van der Waals surface area contributed by atoms with Gasteiger partial charge in [0.25, 0.3) is 0 Å². The Morgan fingerprint density at radius 1 is 0.325 bits per heavy atom. The van der Waals surface area contributed by atoms with E-state index in [1.54, 1.807) is 20.8 Å². The van der Waals surface area contributed by atoms with Gasteiger partial charge in [-0.2, -0.15) is 0 Å². The number of nitrogens with zero attached hydrogens (tertiary/aromatic N) is 9. The standard InChI is InChI=1S/C13H21NO2.C13H23NO2.3C12H21NO.C12H23N.C11H20N2.C11H21N.C10H19N/c1-10(2)14-5-3-13(4-6-14)8-11(15)7-12(16)9-13;1-4-16-12(15)11-9-13(11)5-7-14(8-6-13)10(2)3;3*1-9(2)13-6-4-12(5-7-13)8-11(12)10(3)14;1-4-11-9-12(11)5-7-13(8-6-12)10(2)3;1-9(2)13-6-4-11(5-7-13)8-10(3)12-11;1-10(2)12-8-6-11(7-9-12)4-3-5-11;1-9(2)11-7-5-10(3-4-10)6-8-11/h10H,3-9H2,1-2H3;10-11H,4-9H2,1-3H3;3*9,11H,4-8H2,1-3H3;10-11H,4-9H2,1-3H3;9,12H,3-8H2,1-2H3;10H,3-9H2,1-2H3;9H,3-8H2,1-2H3. The van der Waals surface area contributed by atoms with Crippen molar-refractivity contribution >= 4 is 34.9 Å². The highest BCUT2D eigenvalue weighted by Gasteiger charge is 2.62. The van der Waals surface area contributed by atoms with Crippen molar-refractivity contribution in [3.05, 3.63) is 12.3 Å². The molecule has 18 rings (SSSR count). The molecule has 5 unspecified atom stereocenters. The molecule has 8 saturated carbocycles. The topological polar surface area (TPSA) is 153 Å². The number of ketones is 5. The van der Waals surface area contributed by atoms with Crippen LogP contribution in [-0.2, 0) is 33.5 Å². The minimum Gasteiger partial charge on any atom is -0.466 e. The van der Waals surface area contributed by atoms with Gasteiger partial charge in [0.05, 0.1) is 18.9 Å². The summed E-state index contributed by atoms with van der Waals surface area (Å²) >= 11 is 0. The number of piperidine rings is 9. The Bertz CT molecular complexity index is 3190. The zero-order chi connectivity index (χ0) is 90.0. The van der Waals surface area contributed by atoms with Crippen LogP contribution >= 0.6 is 0 Å². The Kier molecular flexibility index (Phi) is 36.2. The summed E-state index contributed by atoms with van der Waals surface area (Å²) in [7, 11) is 0. The van der Waals surface area contributed by atoms with Crippen LogP contribution in [0.5, 0.6) is 0 Å². The molecule has 18 aliphatic rings. The van der Waals surface area contributed by atoms with Crippen molar-refractivity contribution < 1.29 is 33.5 Å². The van der Waals surface area contributed by atoms with E-state index < -0.39 is 0 Å². The van der Waals surface area contributed by atoms with Gasteiger partial charge in [-0.1, -0.05) is 26.3 Å². The summed E-state index contributed by atoms with van der Waals surface area (Å²) in [5, 5.41) is 3.50. The highest BCUT2D eigenvalue weighted by atomic mass is 16.5. The molecular weight excluding hydrogens is 1530 g/mol. The predicted molar refractivity (Wildman–Crippen MR) is 509 cm³/mol. The van der Waals surface area contributed by atoms with E-state index in [1.165, 1.54) is 271 Å². The second-order valence-electron chi connectivity index (χ2n) is 47.0. The van der Waals surface area contributed by atoms with E-state index in [2.05, 4.69) is 188 Å². The van der Waals surface area contributed by atoms with Crippen molar-refractivity contribution in [1.82, 2.24) is 49.4 Å². The number of carbonyl (C=O) groups is 6. The van der Waals surface area contributed by atoms with E-state index in [9.17, 15) is 28.8 Å². The fraction of sp³-hybridized carbons (Fsp3) is 0.925. The molecule has 1 N–H and O–H groups in total. The lowest BCUT2D eigenvalue weighted by molar-refractivity contribution is -0.146. The number of Topliss-reactive ketones (excluding diaryl/α,β-unsaturated/α-hetero) is 5. The van der Waals surface area contributed by atoms with E-state index in [4.69, 9.17) is 4.74 Å². The lowest BCUT2D eigenvalue weighted by atomic mass is 9.63. The third-order valence-electron chi connectivity index (χ3n) is 36.4. The van der Waals surface area contributed by atoms with Crippen LogP contribution in [0.25, 0.3) is 0 Å². The van der Waals surface area contributed by atoms with Gasteiger partial charge in [0, 0.05) is 116 Å². The summed E-state index contributed by atoms with van der Waals surface area (Å²) in [6.45, 7) is 77.1. The quantitative estimate of drug-likeness (QED) is 0.122. The monoisotopic (exact) mass is 1720 g/mol. The number of nitrogens with one attached hydrogen (secondary N) is 1. The molecule has 10 aliphatic heterocycles. The van der Waals surface area contributed by atoms with Crippen molar-refractivity contribution in [3.63, 3.8) is 0 Å². The molecule has 0 aromatic rings. The van der Waals surface area contributed by atoms with Gasteiger partial charge in [0.1, 0.15) is 28.9 Å². The zero-order valence-corrected chi connectivity index (χ0v) is 83.9. The van der Waals surface area contributed by atoms with Gasteiger partial charge in [-0.05, 0) is 480 Å². The number of hydrogen-bond acceptors (Lipinski definition) is 17. The number of likely N-dealkylation sites (tertiary alicyclic amines) is 9. The first-order valence-corrected chi connectivity index (χ1v) is 51.8. The average Bonchev–Trinajstić information content (AvgIpc) is 1.60. The van der Waals surface area contributed by atoms with E-state index in [0.717, 1.165) is 85.7 Å². The van der Waals surface area contributed by atoms with Crippen LogP contribution in [0.3, 0.4) is 0 Å². The van der Waals surface area contributed by atoms with Crippen molar-refractivity contribution in [1.29, 1.82) is 0 Å². The number of rotatable bonds is 15. The molecule has 0 amide bonds. The summed E-state index contributed by atoms with van der Waals surface area (Å²) < 4.78 is 5.12. The van der Waals surface area contributed by atoms with Crippen LogP contribution in [0.1, 0.15) is 371 Å². The lowest BCUT2D eigenvalue weighted by Crippen LogP contribution is -2.60. The second kappa shape index (κ2) is 43.6. The van der Waals surface area contributed by atoms with Gasteiger partial charge in [0.2, 0.25) is 0 Å². The van der Waals surface area contributed by atoms with Crippen LogP contribution < -0.4 is 5.32 Å². The Balaban J connectivity index is 0.000000145. The lowest BCUT2D eigenvalue weighted by Gasteiger charge is -2.51. The molecule has 0 aromatic heterocycles. The zero-order valence-electron chi connectivity index (χ0n) is 83.9. The van der Waals surface area contributed by atoms with Gasteiger partial charge >= 0.3 is 5.97 Å². The molecule has 10 saturated heterocycles. The van der Waals surface area contributed by atoms with Gasteiger partial charge in [-0.25, -0.2) is 0 Å². The number of carbonyl (C=O) groups excluding carboxylic acids is 6.